The Balaban J connectivity index is 1.49. The number of hydrogen-bond acceptors (Lipinski definition) is 6. The van der Waals surface area contributed by atoms with Crippen LogP contribution in [0.4, 0.5) is 5.69 Å². The number of ether oxygens (including phenoxy) is 1. The SMILES string of the molecule is C[C@H]1CO[C@@H](CN(C)C)CN1C(=O)c1ccc2nc(-c3c(N)c4ccccc4[nH]c3=O)[nH]c2c1. The fourth-order valence-corrected chi connectivity index (χ4v) is 4.55. The topological polar surface area (TPSA) is 120 Å². The van der Waals surface area contributed by atoms with E-state index < -0.39 is 0 Å². The van der Waals surface area contributed by atoms with Gasteiger partial charge in [-0.1, -0.05) is 18.2 Å². The van der Waals surface area contributed by atoms with Crippen LogP contribution >= 0.6 is 0 Å². The van der Waals surface area contributed by atoms with E-state index in [4.69, 9.17) is 10.5 Å². The zero-order valence-corrected chi connectivity index (χ0v) is 19.5. The van der Waals surface area contributed by atoms with E-state index in [1.54, 1.807) is 18.2 Å². The van der Waals surface area contributed by atoms with Gasteiger partial charge < -0.3 is 30.2 Å². The van der Waals surface area contributed by atoms with Crippen LogP contribution in [0.15, 0.2) is 47.3 Å². The number of nitrogens with one attached hydrogen (secondary N) is 2. The van der Waals surface area contributed by atoms with E-state index in [-0.39, 0.29) is 29.2 Å². The van der Waals surface area contributed by atoms with Crippen LogP contribution in [0.1, 0.15) is 17.3 Å². The molecule has 34 heavy (non-hydrogen) atoms. The van der Waals surface area contributed by atoms with Crippen LogP contribution in [0.5, 0.6) is 0 Å². The molecular weight excluding hydrogens is 432 g/mol. The number of carbonyl (C=O) groups excluding carboxylic acids is 1. The summed E-state index contributed by atoms with van der Waals surface area (Å²) < 4.78 is 5.90. The molecule has 2 atom stereocenters. The number of pyridine rings is 1. The number of anilines is 1. The first-order chi connectivity index (χ1) is 16.3. The van der Waals surface area contributed by atoms with Crippen LogP contribution in [0.3, 0.4) is 0 Å². The first-order valence-corrected chi connectivity index (χ1v) is 11.3. The first kappa shape index (κ1) is 22.1. The summed E-state index contributed by atoms with van der Waals surface area (Å²) in [5.41, 5.74) is 9.23. The normalized spacial score (nSPS) is 18.8. The third-order valence-electron chi connectivity index (χ3n) is 6.26. The minimum absolute atomic E-state index is 0.0186. The molecule has 0 saturated carbocycles. The first-order valence-electron chi connectivity index (χ1n) is 11.3. The fraction of sp³-hybridized carbons (Fsp3) is 0.320. The van der Waals surface area contributed by atoms with Crippen molar-refractivity contribution >= 4 is 33.5 Å². The Labute approximate surface area is 196 Å². The summed E-state index contributed by atoms with van der Waals surface area (Å²) in [6.45, 7) is 3.78. The van der Waals surface area contributed by atoms with Crippen LogP contribution in [0.2, 0.25) is 0 Å². The molecule has 0 unspecified atom stereocenters. The second kappa shape index (κ2) is 8.58. The maximum absolute atomic E-state index is 13.4. The number of morpholine rings is 1. The number of nitrogen functional groups attached to an aromatic ring is 1. The minimum atomic E-state index is -0.319. The number of carbonyl (C=O) groups is 1. The Bertz CT molecular complexity index is 1440. The van der Waals surface area contributed by atoms with Crippen molar-refractivity contribution in [2.24, 2.45) is 0 Å². The van der Waals surface area contributed by atoms with E-state index in [2.05, 4.69) is 19.9 Å². The molecule has 3 heterocycles. The lowest BCUT2D eigenvalue weighted by Crippen LogP contribution is -2.53. The van der Waals surface area contributed by atoms with Crippen molar-refractivity contribution < 1.29 is 9.53 Å². The molecule has 1 saturated heterocycles. The van der Waals surface area contributed by atoms with Crippen LogP contribution < -0.4 is 11.3 Å². The molecule has 1 aliphatic rings. The summed E-state index contributed by atoms with van der Waals surface area (Å²) in [4.78, 5) is 40.7. The number of imidazole rings is 1. The Morgan fingerprint density at radius 3 is 2.79 bits per heavy atom. The highest BCUT2D eigenvalue weighted by molar-refractivity contribution is 6.00. The summed E-state index contributed by atoms with van der Waals surface area (Å²) in [6, 6.07) is 12.7. The highest BCUT2D eigenvalue weighted by Crippen LogP contribution is 2.28. The summed E-state index contributed by atoms with van der Waals surface area (Å²) in [7, 11) is 3.98. The van der Waals surface area contributed by atoms with Crippen molar-refractivity contribution in [2.75, 3.05) is 39.5 Å². The number of benzene rings is 2. The standard InChI is InChI=1S/C25H28N6O3/c1-14-13-34-16(11-30(2)3)12-31(14)25(33)15-8-9-19-20(10-15)28-23(27-19)21-22(26)17-6-4-5-7-18(17)29-24(21)32/h4-10,14,16H,11-13H2,1-3H3,(H,27,28)(H3,26,29,32)/t14-,16-/m0/s1. The smallest absolute Gasteiger partial charge is 0.261 e. The number of hydrogen-bond donors (Lipinski definition) is 3. The lowest BCUT2D eigenvalue weighted by molar-refractivity contribution is -0.0546. The highest BCUT2D eigenvalue weighted by atomic mass is 16.5. The molecule has 0 spiro atoms. The predicted molar refractivity (Wildman–Crippen MR) is 133 cm³/mol. The molecule has 1 fully saturated rings. The molecule has 4 aromatic rings. The third kappa shape index (κ3) is 3.93. The van der Waals surface area contributed by atoms with Gasteiger partial charge in [0.2, 0.25) is 0 Å². The average Bonchev–Trinajstić information content (AvgIpc) is 3.22. The Morgan fingerprint density at radius 1 is 1.21 bits per heavy atom. The third-order valence-corrected chi connectivity index (χ3v) is 6.26. The Hall–Kier alpha value is -3.69. The lowest BCUT2D eigenvalue weighted by Gasteiger charge is -2.39. The maximum atomic E-state index is 13.4. The number of fused-ring (bicyclic) bond motifs is 2. The molecule has 176 valence electrons. The van der Waals surface area contributed by atoms with E-state index in [1.165, 1.54) is 0 Å². The number of para-hydroxylation sites is 1. The maximum Gasteiger partial charge on any atom is 0.261 e. The van der Waals surface area contributed by atoms with E-state index in [0.717, 1.165) is 11.9 Å². The molecule has 2 aromatic carbocycles. The van der Waals surface area contributed by atoms with Crippen molar-refractivity contribution in [1.29, 1.82) is 0 Å². The van der Waals surface area contributed by atoms with Crippen molar-refractivity contribution in [3.05, 3.63) is 58.4 Å². The quantitative estimate of drug-likeness (QED) is 0.430. The molecular formula is C25H28N6O3. The van der Waals surface area contributed by atoms with Crippen LogP contribution in [0, 0.1) is 0 Å². The molecule has 0 radical (unpaired) electrons. The van der Waals surface area contributed by atoms with Crippen LogP contribution in [0.25, 0.3) is 33.3 Å². The number of H-pyrrole nitrogens is 2. The molecule has 0 aliphatic carbocycles. The monoisotopic (exact) mass is 460 g/mol. The number of amides is 1. The Morgan fingerprint density at radius 2 is 2.00 bits per heavy atom. The number of likely N-dealkylation sites (N-methyl/N-ethyl adjacent to an activating group) is 1. The van der Waals surface area contributed by atoms with Crippen LogP contribution in [-0.4, -0.2) is 76.6 Å². The van der Waals surface area contributed by atoms with Gasteiger partial charge in [0, 0.05) is 24.0 Å². The molecule has 4 N–H and O–H groups in total. The van der Waals surface area contributed by atoms with Gasteiger partial charge in [0.15, 0.2) is 0 Å². The van der Waals surface area contributed by atoms with E-state index in [1.807, 2.05) is 50.2 Å². The van der Waals surface area contributed by atoms with E-state index in [0.29, 0.717) is 46.8 Å². The summed E-state index contributed by atoms with van der Waals surface area (Å²) in [5.74, 6) is 0.315. The van der Waals surface area contributed by atoms with Crippen molar-refractivity contribution in [3.8, 4) is 11.4 Å². The van der Waals surface area contributed by atoms with Gasteiger partial charge in [0.05, 0.1) is 41.0 Å². The summed E-state index contributed by atoms with van der Waals surface area (Å²) >= 11 is 0. The predicted octanol–water partition coefficient (Wildman–Crippen LogP) is 2.44. The highest BCUT2D eigenvalue weighted by Gasteiger charge is 2.30. The van der Waals surface area contributed by atoms with E-state index >= 15 is 0 Å². The van der Waals surface area contributed by atoms with Gasteiger partial charge in [-0.3, -0.25) is 9.59 Å². The lowest BCUT2D eigenvalue weighted by atomic mass is 10.1. The molecule has 1 aliphatic heterocycles. The number of rotatable bonds is 4. The fourth-order valence-electron chi connectivity index (χ4n) is 4.55. The number of aromatic amines is 2. The average molecular weight is 461 g/mol. The zero-order valence-electron chi connectivity index (χ0n) is 19.5. The van der Waals surface area contributed by atoms with Gasteiger partial charge >= 0.3 is 0 Å². The number of nitrogens with zero attached hydrogens (tertiary/aromatic N) is 3. The molecule has 9 nitrogen and oxygen atoms in total. The molecule has 1 amide bonds. The molecule has 9 heteroatoms. The second-order valence-electron chi connectivity index (χ2n) is 9.13. The van der Waals surface area contributed by atoms with Gasteiger partial charge in [-0.15, -0.1) is 0 Å². The largest absolute Gasteiger partial charge is 0.397 e. The van der Waals surface area contributed by atoms with Gasteiger partial charge in [-0.25, -0.2) is 4.98 Å². The molecule has 5 rings (SSSR count). The number of nitrogens with two attached hydrogens (primary N) is 1. The van der Waals surface area contributed by atoms with Crippen molar-refractivity contribution in [3.63, 3.8) is 0 Å². The summed E-state index contributed by atoms with van der Waals surface area (Å²) in [6.07, 6.45) is -0.0276. The van der Waals surface area contributed by atoms with Crippen molar-refractivity contribution in [1.82, 2.24) is 24.8 Å². The Kier molecular flexibility index (Phi) is 5.59. The minimum Gasteiger partial charge on any atom is -0.397 e. The van der Waals surface area contributed by atoms with Gasteiger partial charge in [-0.2, -0.15) is 0 Å². The molecule has 0 bridgehead atoms. The van der Waals surface area contributed by atoms with Gasteiger partial charge in [0.25, 0.3) is 11.5 Å². The van der Waals surface area contributed by atoms with E-state index in [9.17, 15) is 9.59 Å². The van der Waals surface area contributed by atoms with Gasteiger partial charge in [0.1, 0.15) is 11.4 Å². The number of aromatic nitrogens is 3. The zero-order chi connectivity index (χ0) is 24.0. The summed E-state index contributed by atoms with van der Waals surface area (Å²) in [5, 5.41) is 0.752. The second-order valence-corrected chi connectivity index (χ2v) is 9.13. The molecule has 2 aromatic heterocycles. The van der Waals surface area contributed by atoms with Gasteiger partial charge in [-0.05, 0) is 45.3 Å². The van der Waals surface area contributed by atoms with Crippen molar-refractivity contribution in [2.45, 2.75) is 19.1 Å². The van der Waals surface area contributed by atoms with Crippen LogP contribution in [-0.2, 0) is 4.74 Å².